The maximum Gasteiger partial charge on any atom is 0.214 e. The monoisotopic (exact) mass is 288 g/mol. The van der Waals surface area contributed by atoms with Crippen molar-refractivity contribution in [2.75, 3.05) is 12.8 Å². The molecule has 0 spiro atoms. The molecular weight excluding hydrogens is 260 g/mol. The van der Waals surface area contributed by atoms with E-state index in [4.69, 9.17) is 5.73 Å². The molecule has 2 N–H and O–H groups in total. The number of nitrogens with zero attached hydrogens (tertiary/aromatic N) is 1. The van der Waals surface area contributed by atoms with E-state index in [1.54, 1.807) is 11.4 Å². The van der Waals surface area contributed by atoms with Crippen LogP contribution >= 0.6 is 0 Å². The maximum absolute atomic E-state index is 12.5. The Labute approximate surface area is 117 Å². The first-order valence-electron chi connectivity index (χ1n) is 7.70. The largest absolute Gasteiger partial charge is 0.328 e. The molecule has 0 radical (unpaired) electrons. The van der Waals surface area contributed by atoms with E-state index in [1.165, 1.54) is 19.3 Å². The summed E-state index contributed by atoms with van der Waals surface area (Å²) < 4.78 is 26.6. The third kappa shape index (κ3) is 4.17. The zero-order chi connectivity index (χ0) is 13.9. The summed E-state index contributed by atoms with van der Waals surface area (Å²) in [4.78, 5) is 0. The lowest BCUT2D eigenvalue weighted by Gasteiger charge is -2.34. The predicted molar refractivity (Wildman–Crippen MR) is 78.4 cm³/mol. The predicted octanol–water partition coefficient (Wildman–Crippen LogP) is 2.10. The number of rotatable bonds is 4. The van der Waals surface area contributed by atoms with E-state index >= 15 is 0 Å². The smallest absolute Gasteiger partial charge is 0.214 e. The van der Waals surface area contributed by atoms with Crippen molar-refractivity contribution in [1.82, 2.24) is 4.31 Å². The Bertz CT molecular complexity index is 369. The van der Waals surface area contributed by atoms with Crippen molar-refractivity contribution in [3.63, 3.8) is 0 Å². The Kier molecular flexibility index (Phi) is 5.26. The molecule has 0 aliphatic heterocycles. The molecule has 2 rings (SSSR count). The number of hydrogen-bond donors (Lipinski definition) is 1. The highest BCUT2D eigenvalue weighted by molar-refractivity contribution is 7.89. The van der Waals surface area contributed by atoms with E-state index in [9.17, 15) is 8.42 Å². The van der Waals surface area contributed by atoms with Crippen LogP contribution in [0.3, 0.4) is 0 Å². The maximum atomic E-state index is 12.5. The minimum absolute atomic E-state index is 0.174. The summed E-state index contributed by atoms with van der Waals surface area (Å²) in [5.74, 6) is 0.735. The molecule has 5 heteroatoms. The van der Waals surface area contributed by atoms with E-state index in [0.717, 1.165) is 38.5 Å². The van der Waals surface area contributed by atoms with Crippen LogP contribution in [-0.2, 0) is 10.0 Å². The Morgan fingerprint density at radius 3 is 2.16 bits per heavy atom. The first-order valence-corrected chi connectivity index (χ1v) is 9.31. The molecule has 2 aliphatic carbocycles. The van der Waals surface area contributed by atoms with Gasteiger partial charge in [-0.3, -0.25) is 0 Å². The Morgan fingerprint density at radius 2 is 1.58 bits per heavy atom. The van der Waals surface area contributed by atoms with Gasteiger partial charge in [-0.1, -0.05) is 19.3 Å². The van der Waals surface area contributed by atoms with Crippen LogP contribution in [0.25, 0.3) is 0 Å². The standard InChI is InChI=1S/C14H28N2O2S/c1-16(14-9-7-13(15)8-10-14)19(17,18)11-12-5-3-2-4-6-12/h12-14H,2-11,15H2,1H3. The molecule has 4 nitrogen and oxygen atoms in total. The normalized spacial score (nSPS) is 30.7. The lowest BCUT2D eigenvalue weighted by molar-refractivity contribution is 0.265. The summed E-state index contributed by atoms with van der Waals surface area (Å²) in [7, 11) is -1.32. The fraction of sp³-hybridized carbons (Fsp3) is 1.00. The highest BCUT2D eigenvalue weighted by atomic mass is 32.2. The van der Waals surface area contributed by atoms with Crippen molar-refractivity contribution in [3.8, 4) is 0 Å². The molecule has 0 bridgehead atoms. The van der Waals surface area contributed by atoms with Gasteiger partial charge in [0.25, 0.3) is 0 Å². The van der Waals surface area contributed by atoms with Crippen molar-refractivity contribution in [3.05, 3.63) is 0 Å². The van der Waals surface area contributed by atoms with Crippen molar-refractivity contribution >= 4 is 10.0 Å². The molecule has 2 saturated carbocycles. The topological polar surface area (TPSA) is 63.4 Å². The highest BCUT2D eigenvalue weighted by Gasteiger charge is 2.31. The van der Waals surface area contributed by atoms with Crippen LogP contribution in [0.15, 0.2) is 0 Å². The van der Waals surface area contributed by atoms with Gasteiger partial charge >= 0.3 is 0 Å². The second-order valence-electron chi connectivity index (χ2n) is 6.37. The average molecular weight is 288 g/mol. The quantitative estimate of drug-likeness (QED) is 0.861. The molecule has 2 fully saturated rings. The first-order chi connectivity index (χ1) is 8.99. The van der Waals surface area contributed by atoms with E-state index in [1.807, 2.05) is 0 Å². The van der Waals surface area contributed by atoms with Gasteiger partial charge in [-0.05, 0) is 44.4 Å². The van der Waals surface area contributed by atoms with Crippen LogP contribution in [0.2, 0.25) is 0 Å². The zero-order valence-corrected chi connectivity index (χ0v) is 12.9. The van der Waals surface area contributed by atoms with Crippen LogP contribution in [0.5, 0.6) is 0 Å². The van der Waals surface area contributed by atoms with Crippen LogP contribution < -0.4 is 5.73 Å². The lowest BCUT2D eigenvalue weighted by atomic mass is 9.91. The molecule has 112 valence electrons. The molecule has 0 aromatic rings. The summed E-state index contributed by atoms with van der Waals surface area (Å²) in [6.45, 7) is 0. The SMILES string of the molecule is CN(C1CCC(N)CC1)S(=O)(=O)CC1CCCCC1. The van der Waals surface area contributed by atoms with Gasteiger partial charge in [-0.2, -0.15) is 0 Å². The van der Waals surface area contributed by atoms with Gasteiger partial charge in [-0.15, -0.1) is 0 Å². The zero-order valence-electron chi connectivity index (χ0n) is 12.1. The molecule has 2 aliphatic rings. The highest BCUT2D eigenvalue weighted by Crippen LogP contribution is 2.28. The van der Waals surface area contributed by atoms with E-state index in [-0.39, 0.29) is 12.1 Å². The summed E-state index contributed by atoms with van der Waals surface area (Å²) in [5.41, 5.74) is 5.89. The fourth-order valence-electron chi connectivity index (χ4n) is 3.46. The molecule has 0 heterocycles. The molecule has 0 unspecified atom stereocenters. The molecule has 0 aromatic carbocycles. The summed E-state index contributed by atoms with van der Waals surface area (Å²) >= 11 is 0. The van der Waals surface area contributed by atoms with Gasteiger partial charge < -0.3 is 5.73 Å². The van der Waals surface area contributed by atoms with Gasteiger partial charge in [0.05, 0.1) is 5.75 Å². The summed E-state index contributed by atoms with van der Waals surface area (Å²) in [6.07, 6.45) is 9.58. The van der Waals surface area contributed by atoms with Crippen molar-refractivity contribution < 1.29 is 8.42 Å². The third-order valence-corrected chi connectivity index (χ3v) is 6.93. The number of nitrogens with two attached hydrogens (primary N) is 1. The van der Waals surface area contributed by atoms with Crippen molar-refractivity contribution in [2.45, 2.75) is 69.9 Å². The molecule has 19 heavy (non-hydrogen) atoms. The third-order valence-electron chi connectivity index (χ3n) is 4.87. The van der Waals surface area contributed by atoms with Crippen molar-refractivity contribution in [1.29, 1.82) is 0 Å². The van der Waals surface area contributed by atoms with E-state index < -0.39 is 10.0 Å². The van der Waals surface area contributed by atoms with Crippen LogP contribution in [0, 0.1) is 5.92 Å². The van der Waals surface area contributed by atoms with Crippen LogP contribution in [0.1, 0.15) is 57.8 Å². The number of sulfonamides is 1. The Balaban J connectivity index is 1.90. The second kappa shape index (κ2) is 6.55. The van der Waals surface area contributed by atoms with Gasteiger partial charge in [0.15, 0.2) is 0 Å². The molecular formula is C14H28N2O2S. The second-order valence-corrected chi connectivity index (χ2v) is 8.44. The summed E-state index contributed by atoms with van der Waals surface area (Å²) in [6, 6.07) is 0.444. The number of hydrogen-bond acceptors (Lipinski definition) is 3. The molecule has 0 aromatic heterocycles. The lowest BCUT2D eigenvalue weighted by Crippen LogP contribution is -2.43. The molecule has 0 amide bonds. The van der Waals surface area contributed by atoms with E-state index in [0.29, 0.717) is 11.7 Å². The van der Waals surface area contributed by atoms with Gasteiger partial charge in [0.2, 0.25) is 10.0 Å². The van der Waals surface area contributed by atoms with Gasteiger partial charge in [-0.25, -0.2) is 12.7 Å². The fourth-order valence-corrected chi connectivity index (χ4v) is 5.29. The molecule has 0 saturated heterocycles. The van der Waals surface area contributed by atoms with E-state index in [2.05, 4.69) is 0 Å². The first kappa shape index (κ1) is 15.3. The van der Waals surface area contributed by atoms with Gasteiger partial charge in [0.1, 0.15) is 0 Å². The minimum atomic E-state index is -3.08. The van der Waals surface area contributed by atoms with Crippen LogP contribution in [-0.4, -0.2) is 37.6 Å². The Morgan fingerprint density at radius 1 is 1.00 bits per heavy atom. The van der Waals surface area contributed by atoms with Crippen LogP contribution in [0.4, 0.5) is 0 Å². The molecule has 0 atom stereocenters. The van der Waals surface area contributed by atoms with Gasteiger partial charge in [0, 0.05) is 19.1 Å². The van der Waals surface area contributed by atoms with Crippen molar-refractivity contribution in [2.24, 2.45) is 11.7 Å². The average Bonchev–Trinajstić information content (AvgIpc) is 2.39. The minimum Gasteiger partial charge on any atom is -0.328 e. The Hall–Kier alpha value is -0.130. The summed E-state index contributed by atoms with van der Waals surface area (Å²) in [5, 5.41) is 0.